The number of carbonyl (C=O) groups excluding carboxylic acids is 2. The first kappa shape index (κ1) is 23.3. The van der Waals surface area contributed by atoms with Crippen molar-refractivity contribution < 1.29 is 23.8 Å². The number of ether oxygens (including phenoxy) is 3. The van der Waals surface area contributed by atoms with E-state index >= 15 is 0 Å². The monoisotopic (exact) mass is 452 g/mol. The zero-order chi connectivity index (χ0) is 23.0. The summed E-state index contributed by atoms with van der Waals surface area (Å²) in [6, 6.07) is 14.6. The average molecular weight is 453 g/mol. The number of nitrogens with zero attached hydrogens (tertiary/aromatic N) is 2. The molecule has 0 aromatic heterocycles. The van der Waals surface area contributed by atoms with Gasteiger partial charge in [0.2, 0.25) is 0 Å². The highest BCUT2D eigenvalue weighted by molar-refractivity contribution is 6.21. The molecule has 2 aromatic rings. The number of fused-ring (bicyclic) bond motifs is 1. The van der Waals surface area contributed by atoms with Crippen LogP contribution < -0.4 is 9.47 Å². The number of carbonyl (C=O) groups is 2. The Morgan fingerprint density at radius 2 is 1.42 bits per heavy atom. The van der Waals surface area contributed by atoms with E-state index in [1.54, 1.807) is 24.3 Å². The van der Waals surface area contributed by atoms with Crippen molar-refractivity contribution in [2.45, 2.75) is 32.2 Å². The Hall–Kier alpha value is -2.90. The third-order valence-electron chi connectivity index (χ3n) is 6.15. The predicted molar refractivity (Wildman–Crippen MR) is 125 cm³/mol. The van der Waals surface area contributed by atoms with Crippen molar-refractivity contribution >= 4 is 11.8 Å². The van der Waals surface area contributed by atoms with Gasteiger partial charge in [-0.25, -0.2) is 0 Å². The van der Waals surface area contributed by atoms with Crippen LogP contribution in [0.3, 0.4) is 0 Å². The number of unbranched alkanes of at least 4 members (excludes halogenated alkanes) is 1. The second kappa shape index (κ2) is 11.3. The molecule has 176 valence electrons. The second-order valence-corrected chi connectivity index (χ2v) is 8.49. The zero-order valence-electron chi connectivity index (χ0n) is 19.2. The molecule has 2 aliphatic rings. The molecule has 0 radical (unpaired) electrons. The summed E-state index contributed by atoms with van der Waals surface area (Å²) in [5.74, 6) is 1.27. The Bertz CT molecular complexity index is 905. The molecular formula is C26H32N2O5. The third kappa shape index (κ3) is 5.92. The largest absolute Gasteiger partial charge is 0.494 e. The quantitative estimate of drug-likeness (QED) is 0.383. The molecule has 1 unspecified atom stereocenters. The van der Waals surface area contributed by atoms with Gasteiger partial charge in [-0.15, -0.1) is 0 Å². The molecule has 7 nitrogen and oxygen atoms in total. The SMILES string of the molecule is CC(CCCCOc1ccc(OCCN2CCOCC2)cc1)N1C(=O)c2ccccc2C1=O. The van der Waals surface area contributed by atoms with Gasteiger partial charge in [-0.3, -0.25) is 19.4 Å². The summed E-state index contributed by atoms with van der Waals surface area (Å²) in [6.45, 7) is 7.61. The number of imide groups is 1. The summed E-state index contributed by atoms with van der Waals surface area (Å²) in [4.78, 5) is 28.9. The summed E-state index contributed by atoms with van der Waals surface area (Å²) in [5, 5.41) is 0. The van der Waals surface area contributed by atoms with Crippen molar-refractivity contribution in [2.75, 3.05) is 46.1 Å². The van der Waals surface area contributed by atoms with Crippen LogP contribution in [-0.2, 0) is 4.74 Å². The molecule has 0 saturated carbocycles. The molecule has 0 bridgehead atoms. The standard InChI is InChI=1S/C26H32N2O5/c1-20(28-25(29)23-7-2-3-8-24(23)26(28)30)6-4-5-16-32-21-9-11-22(12-10-21)33-19-15-27-13-17-31-18-14-27/h2-3,7-12,20H,4-6,13-19H2,1H3. The first-order valence-corrected chi connectivity index (χ1v) is 11.8. The predicted octanol–water partition coefficient (Wildman–Crippen LogP) is 3.63. The van der Waals surface area contributed by atoms with E-state index in [0.29, 0.717) is 24.3 Å². The highest BCUT2D eigenvalue weighted by Crippen LogP contribution is 2.26. The fourth-order valence-electron chi connectivity index (χ4n) is 4.22. The molecule has 33 heavy (non-hydrogen) atoms. The molecule has 7 heteroatoms. The topological polar surface area (TPSA) is 68.3 Å². The van der Waals surface area contributed by atoms with Gasteiger partial charge in [-0.1, -0.05) is 12.1 Å². The molecule has 0 aliphatic carbocycles. The van der Waals surface area contributed by atoms with Gasteiger partial charge >= 0.3 is 0 Å². The molecule has 0 spiro atoms. The van der Waals surface area contributed by atoms with Gasteiger partial charge in [-0.05, 0) is 62.6 Å². The maximum absolute atomic E-state index is 12.6. The molecule has 1 atom stereocenters. The number of amides is 2. The van der Waals surface area contributed by atoms with Gasteiger partial charge < -0.3 is 14.2 Å². The van der Waals surface area contributed by atoms with Crippen LogP contribution in [0.1, 0.15) is 46.9 Å². The van der Waals surface area contributed by atoms with E-state index < -0.39 is 0 Å². The molecular weight excluding hydrogens is 420 g/mol. The molecule has 2 aromatic carbocycles. The number of morpholine rings is 1. The normalized spacial score (nSPS) is 17.2. The van der Waals surface area contributed by atoms with Gasteiger partial charge in [0.1, 0.15) is 18.1 Å². The van der Waals surface area contributed by atoms with E-state index in [4.69, 9.17) is 14.2 Å². The maximum atomic E-state index is 12.6. The maximum Gasteiger partial charge on any atom is 0.261 e. The summed E-state index contributed by atoms with van der Waals surface area (Å²) in [6.07, 6.45) is 2.48. The van der Waals surface area contributed by atoms with Gasteiger partial charge in [0.15, 0.2) is 0 Å². The Morgan fingerprint density at radius 1 is 0.848 bits per heavy atom. The fourth-order valence-corrected chi connectivity index (χ4v) is 4.22. The minimum absolute atomic E-state index is 0.133. The van der Waals surface area contributed by atoms with Crippen LogP contribution in [0.2, 0.25) is 0 Å². The molecule has 2 amide bonds. The second-order valence-electron chi connectivity index (χ2n) is 8.49. The van der Waals surface area contributed by atoms with Crippen molar-refractivity contribution in [3.05, 3.63) is 59.7 Å². The van der Waals surface area contributed by atoms with E-state index in [0.717, 1.165) is 63.6 Å². The highest BCUT2D eigenvalue weighted by atomic mass is 16.5. The van der Waals surface area contributed by atoms with E-state index in [9.17, 15) is 9.59 Å². The van der Waals surface area contributed by atoms with Gasteiger partial charge in [-0.2, -0.15) is 0 Å². The lowest BCUT2D eigenvalue weighted by Crippen LogP contribution is -2.38. The Balaban J connectivity index is 1.12. The van der Waals surface area contributed by atoms with Crippen LogP contribution in [0.5, 0.6) is 11.5 Å². The average Bonchev–Trinajstić information content (AvgIpc) is 3.10. The van der Waals surface area contributed by atoms with Crippen LogP contribution >= 0.6 is 0 Å². The van der Waals surface area contributed by atoms with Crippen LogP contribution in [0.15, 0.2) is 48.5 Å². The third-order valence-corrected chi connectivity index (χ3v) is 6.15. The summed E-state index contributed by atoms with van der Waals surface area (Å²) in [5.41, 5.74) is 1.01. The van der Waals surface area contributed by atoms with Crippen molar-refractivity contribution in [3.8, 4) is 11.5 Å². The van der Waals surface area contributed by atoms with Crippen LogP contribution in [-0.4, -0.2) is 73.7 Å². The Morgan fingerprint density at radius 3 is 2.03 bits per heavy atom. The Labute approximate surface area is 195 Å². The van der Waals surface area contributed by atoms with Crippen LogP contribution in [0.25, 0.3) is 0 Å². The van der Waals surface area contributed by atoms with Crippen molar-refractivity contribution in [2.24, 2.45) is 0 Å². The van der Waals surface area contributed by atoms with Crippen molar-refractivity contribution in [3.63, 3.8) is 0 Å². The molecule has 2 aliphatic heterocycles. The summed E-state index contributed by atoms with van der Waals surface area (Å²) < 4.78 is 17.0. The number of hydrogen-bond donors (Lipinski definition) is 0. The minimum atomic E-state index is -0.188. The molecule has 1 saturated heterocycles. The van der Waals surface area contributed by atoms with Crippen LogP contribution in [0, 0.1) is 0 Å². The van der Waals surface area contributed by atoms with Gasteiger partial charge in [0.05, 0.1) is 30.9 Å². The highest BCUT2D eigenvalue weighted by Gasteiger charge is 2.37. The number of rotatable bonds is 11. The zero-order valence-corrected chi connectivity index (χ0v) is 19.2. The van der Waals surface area contributed by atoms with E-state index in [1.807, 2.05) is 31.2 Å². The van der Waals surface area contributed by atoms with Crippen molar-refractivity contribution in [1.29, 1.82) is 0 Å². The molecule has 4 rings (SSSR count). The smallest absolute Gasteiger partial charge is 0.261 e. The van der Waals surface area contributed by atoms with E-state index in [2.05, 4.69) is 4.90 Å². The first-order valence-electron chi connectivity index (χ1n) is 11.8. The summed E-state index contributed by atoms with van der Waals surface area (Å²) >= 11 is 0. The lowest BCUT2D eigenvalue weighted by molar-refractivity contribution is 0.0322. The van der Waals surface area contributed by atoms with Crippen LogP contribution in [0.4, 0.5) is 0 Å². The molecule has 0 N–H and O–H groups in total. The first-order chi connectivity index (χ1) is 16.1. The minimum Gasteiger partial charge on any atom is -0.494 e. The lowest BCUT2D eigenvalue weighted by Gasteiger charge is -2.26. The van der Waals surface area contributed by atoms with Crippen molar-refractivity contribution in [1.82, 2.24) is 9.80 Å². The summed E-state index contributed by atoms with van der Waals surface area (Å²) in [7, 11) is 0. The van der Waals surface area contributed by atoms with Gasteiger partial charge in [0, 0.05) is 25.7 Å². The molecule has 1 fully saturated rings. The van der Waals surface area contributed by atoms with E-state index in [1.165, 1.54) is 4.90 Å². The Kier molecular flexibility index (Phi) is 7.96. The lowest BCUT2D eigenvalue weighted by atomic mass is 10.1. The number of benzene rings is 2. The molecule has 2 heterocycles. The number of hydrogen-bond acceptors (Lipinski definition) is 6. The van der Waals surface area contributed by atoms with E-state index in [-0.39, 0.29) is 17.9 Å². The van der Waals surface area contributed by atoms with Gasteiger partial charge in [0.25, 0.3) is 11.8 Å². The fraction of sp³-hybridized carbons (Fsp3) is 0.462.